The van der Waals surface area contributed by atoms with Gasteiger partial charge < -0.3 is 23.8 Å². The highest BCUT2D eigenvalue weighted by atomic mass is 32.2. The van der Waals surface area contributed by atoms with Gasteiger partial charge in [0.2, 0.25) is 15.8 Å². The number of ether oxygens (including phenoxy) is 4. The van der Waals surface area contributed by atoms with Crippen LogP contribution in [0, 0.1) is 11.8 Å². The summed E-state index contributed by atoms with van der Waals surface area (Å²) in [4.78, 5) is 14.2. The molecule has 0 spiro atoms. The van der Waals surface area contributed by atoms with E-state index in [1.807, 2.05) is 39.0 Å². The number of carbonyl (C=O) groups is 1. The molecule has 2 aliphatic rings. The first-order valence-electron chi connectivity index (χ1n) is 13.2. The Kier molecular flexibility index (Phi) is 9.18. The van der Waals surface area contributed by atoms with E-state index in [0.717, 1.165) is 42.6 Å². The van der Waals surface area contributed by atoms with E-state index >= 15 is 0 Å². The number of unbranched alkanes of at least 4 members (excludes halogenated alkanes) is 3. The van der Waals surface area contributed by atoms with Gasteiger partial charge in [0.1, 0.15) is 18.0 Å². The second-order valence-corrected chi connectivity index (χ2v) is 11.8. The van der Waals surface area contributed by atoms with Crippen molar-refractivity contribution in [2.24, 2.45) is 5.14 Å². The molecule has 1 amide bonds. The number of cyclic esters (lactones) is 1. The maximum atomic E-state index is 12.4. The molecule has 210 valence electrons. The lowest BCUT2D eigenvalue weighted by Crippen LogP contribution is -2.35. The molecule has 1 unspecified atom stereocenters. The smallest absolute Gasteiger partial charge is 0.410 e. The number of hydrogen-bond acceptors (Lipinski definition) is 7. The normalized spacial score (nSPS) is 18.9. The highest BCUT2D eigenvalue weighted by molar-refractivity contribution is 7.89. The molecule has 1 fully saturated rings. The molecule has 10 heteroatoms. The predicted octanol–water partition coefficient (Wildman–Crippen LogP) is 4.49. The lowest BCUT2D eigenvalue weighted by molar-refractivity contribution is -0.180. The summed E-state index contributed by atoms with van der Waals surface area (Å²) in [7, 11) is -3.76. The maximum Gasteiger partial charge on any atom is 0.410 e. The zero-order chi connectivity index (χ0) is 28.0. The van der Waals surface area contributed by atoms with Crippen LogP contribution in [0.1, 0.15) is 69.2 Å². The van der Waals surface area contributed by atoms with Crippen molar-refractivity contribution >= 4 is 16.1 Å². The first-order chi connectivity index (χ1) is 18.5. The lowest BCUT2D eigenvalue weighted by atomic mass is 10.0. The average Bonchev–Trinajstić information content (AvgIpc) is 3.26. The lowest BCUT2D eigenvalue weighted by Gasteiger charge is -2.32. The Morgan fingerprint density at radius 1 is 1.15 bits per heavy atom. The maximum absolute atomic E-state index is 12.4. The molecule has 2 aromatic rings. The number of amides is 1. The van der Waals surface area contributed by atoms with Crippen LogP contribution >= 0.6 is 0 Å². The third-order valence-corrected chi connectivity index (χ3v) is 7.46. The van der Waals surface area contributed by atoms with E-state index in [2.05, 4.69) is 11.8 Å². The van der Waals surface area contributed by atoms with E-state index in [4.69, 9.17) is 24.1 Å². The molecule has 1 saturated heterocycles. The third kappa shape index (κ3) is 8.19. The van der Waals surface area contributed by atoms with Gasteiger partial charge in [-0.25, -0.2) is 18.4 Å². The SMILES string of the molecule is CC(C#Cc1cccc(S(N)(=O)=O)c1)OCCCCCCN1C[C@@H](c2ccc3c(c2)COC(C)(C)O3)OC1=O. The molecule has 2 atom stereocenters. The summed E-state index contributed by atoms with van der Waals surface area (Å²) in [5, 5.41) is 5.16. The second-order valence-electron chi connectivity index (χ2n) is 10.2. The highest BCUT2D eigenvalue weighted by Crippen LogP contribution is 2.35. The largest absolute Gasteiger partial charge is 0.463 e. The fourth-order valence-corrected chi connectivity index (χ4v) is 4.98. The number of hydrogen-bond donors (Lipinski definition) is 1. The number of primary sulfonamides is 1. The van der Waals surface area contributed by atoms with Crippen LogP contribution in [0.25, 0.3) is 0 Å². The van der Waals surface area contributed by atoms with Gasteiger partial charge in [-0.05, 0) is 55.7 Å². The Morgan fingerprint density at radius 2 is 1.95 bits per heavy atom. The van der Waals surface area contributed by atoms with Gasteiger partial charge in [0.05, 0.1) is 18.0 Å². The summed E-state index contributed by atoms with van der Waals surface area (Å²) < 4.78 is 45.9. The Morgan fingerprint density at radius 3 is 2.74 bits per heavy atom. The zero-order valence-corrected chi connectivity index (χ0v) is 23.5. The molecule has 2 heterocycles. The van der Waals surface area contributed by atoms with Crippen molar-refractivity contribution in [3.8, 4) is 17.6 Å². The molecule has 0 aromatic heterocycles. The van der Waals surface area contributed by atoms with E-state index in [9.17, 15) is 13.2 Å². The molecule has 2 aliphatic heterocycles. The molecule has 0 bridgehead atoms. The monoisotopic (exact) mass is 556 g/mol. The van der Waals surface area contributed by atoms with Crippen molar-refractivity contribution in [1.82, 2.24) is 4.90 Å². The van der Waals surface area contributed by atoms with Crippen LogP contribution in [0.15, 0.2) is 47.4 Å². The number of carbonyl (C=O) groups excluding carboxylic acids is 1. The van der Waals surface area contributed by atoms with Crippen LogP contribution < -0.4 is 9.88 Å². The van der Waals surface area contributed by atoms with Crippen LogP contribution in [0.5, 0.6) is 5.75 Å². The molecule has 9 nitrogen and oxygen atoms in total. The number of nitrogens with zero attached hydrogens (tertiary/aromatic N) is 1. The van der Waals surface area contributed by atoms with Crippen LogP contribution in [-0.4, -0.2) is 51.0 Å². The Labute approximate surface area is 230 Å². The van der Waals surface area contributed by atoms with E-state index in [1.165, 1.54) is 12.1 Å². The number of fused-ring (bicyclic) bond motifs is 1. The summed E-state index contributed by atoms with van der Waals surface area (Å²) in [6, 6.07) is 12.1. The summed E-state index contributed by atoms with van der Waals surface area (Å²) in [6.07, 6.45) is 2.86. The topological polar surface area (TPSA) is 117 Å². The van der Waals surface area contributed by atoms with Gasteiger partial charge in [-0.2, -0.15) is 0 Å². The van der Waals surface area contributed by atoms with Crippen LogP contribution in [-0.2, 0) is 30.8 Å². The highest BCUT2D eigenvalue weighted by Gasteiger charge is 2.33. The first kappa shape index (κ1) is 28.9. The van der Waals surface area contributed by atoms with Gasteiger partial charge in [-0.3, -0.25) is 0 Å². The quantitative estimate of drug-likeness (QED) is 0.338. The van der Waals surface area contributed by atoms with E-state index in [-0.39, 0.29) is 23.2 Å². The van der Waals surface area contributed by atoms with Gasteiger partial charge in [0, 0.05) is 38.1 Å². The minimum absolute atomic E-state index is 0.0357. The van der Waals surface area contributed by atoms with Crippen molar-refractivity contribution < 1.29 is 32.2 Å². The van der Waals surface area contributed by atoms with Crippen molar-refractivity contribution in [3.05, 3.63) is 59.2 Å². The van der Waals surface area contributed by atoms with Gasteiger partial charge in [0.25, 0.3) is 0 Å². The van der Waals surface area contributed by atoms with Gasteiger partial charge >= 0.3 is 6.09 Å². The Hall–Kier alpha value is -3.10. The number of benzene rings is 2. The van der Waals surface area contributed by atoms with Crippen LogP contribution in [0.2, 0.25) is 0 Å². The molecular formula is C29H36N2O7S. The molecular weight excluding hydrogens is 520 g/mol. The molecule has 2 N–H and O–H groups in total. The number of sulfonamides is 1. The van der Waals surface area contributed by atoms with Gasteiger partial charge in [-0.15, -0.1) is 0 Å². The molecule has 4 rings (SSSR count). The summed E-state index contributed by atoms with van der Waals surface area (Å²) in [5.41, 5.74) is 2.47. The van der Waals surface area contributed by atoms with Crippen molar-refractivity contribution in [2.45, 2.75) is 76.0 Å². The van der Waals surface area contributed by atoms with Gasteiger partial charge in [0.15, 0.2) is 0 Å². The molecule has 39 heavy (non-hydrogen) atoms. The average molecular weight is 557 g/mol. The molecule has 0 aliphatic carbocycles. The molecule has 0 saturated carbocycles. The van der Waals surface area contributed by atoms with E-state index in [0.29, 0.717) is 31.9 Å². The van der Waals surface area contributed by atoms with Crippen LogP contribution in [0.3, 0.4) is 0 Å². The summed E-state index contributed by atoms with van der Waals surface area (Å²) in [5.74, 6) is 6.07. The fraction of sp³-hybridized carbons (Fsp3) is 0.483. The van der Waals surface area contributed by atoms with E-state index < -0.39 is 15.8 Å². The minimum Gasteiger partial charge on any atom is -0.463 e. The second kappa shape index (κ2) is 12.4. The van der Waals surface area contributed by atoms with Crippen LogP contribution in [0.4, 0.5) is 4.79 Å². The summed E-state index contributed by atoms with van der Waals surface area (Å²) >= 11 is 0. The van der Waals surface area contributed by atoms with Crippen molar-refractivity contribution in [2.75, 3.05) is 19.7 Å². The minimum atomic E-state index is -3.76. The molecule has 0 radical (unpaired) electrons. The Balaban J connectivity index is 1.13. The standard InChI is InChI=1S/C29H36N2O7S/c1-21(11-12-22-9-8-10-25(17-22)39(30,33)34)35-16-7-5-4-6-15-31-19-27(37-28(31)32)23-13-14-26-24(18-23)20-36-29(2,3)38-26/h8-10,13-14,17-18,21,27H,4-7,15-16,19-20H2,1-3H3,(H2,30,33,34)/t21?,27-/m0/s1. The summed E-state index contributed by atoms with van der Waals surface area (Å²) in [6.45, 7) is 7.84. The third-order valence-electron chi connectivity index (χ3n) is 6.55. The van der Waals surface area contributed by atoms with Crippen molar-refractivity contribution in [1.29, 1.82) is 0 Å². The number of rotatable bonds is 10. The van der Waals surface area contributed by atoms with Gasteiger partial charge in [-0.1, -0.05) is 36.8 Å². The predicted molar refractivity (Wildman–Crippen MR) is 145 cm³/mol. The van der Waals surface area contributed by atoms with E-state index in [1.54, 1.807) is 17.0 Å². The Bertz CT molecular complexity index is 1350. The fourth-order valence-electron chi connectivity index (χ4n) is 4.42. The van der Waals surface area contributed by atoms with Crippen molar-refractivity contribution in [3.63, 3.8) is 0 Å². The number of nitrogens with two attached hydrogens (primary N) is 1. The first-order valence-corrected chi connectivity index (χ1v) is 14.7. The molecule has 2 aromatic carbocycles. The zero-order valence-electron chi connectivity index (χ0n) is 22.6.